The molecule has 1 N–H and O–H groups in total. The molecule has 0 fully saturated rings. The minimum absolute atomic E-state index is 0.0600. The third-order valence-corrected chi connectivity index (χ3v) is 4.03. The van der Waals surface area contributed by atoms with Crippen molar-refractivity contribution in [3.63, 3.8) is 0 Å². The summed E-state index contributed by atoms with van der Waals surface area (Å²) in [4.78, 5) is 23.5. The molecule has 0 aliphatic heterocycles. The van der Waals surface area contributed by atoms with E-state index in [2.05, 4.69) is 5.32 Å². The van der Waals surface area contributed by atoms with Crippen molar-refractivity contribution in [1.29, 1.82) is 0 Å². The van der Waals surface area contributed by atoms with Crippen LogP contribution in [0.5, 0.6) is 0 Å². The second-order valence-electron chi connectivity index (χ2n) is 5.36. The highest BCUT2D eigenvalue weighted by atomic mass is 32.2. The number of Topliss-reactive ketones (excluding diaryl/α,β-unsaturated/α-hetero) is 1. The van der Waals surface area contributed by atoms with Gasteiger partial charge in [0.15, 0.2) is 15.6 Å². The van der Waals surface area contributed by atoms with Crippen LogP contribution in [0.3, 0.4) is 0 Å². The summed E-state index contributed by atoms with van der Waals surface area (Å²) in [6, 6.07) is 13.1. The number of rotatable bonds is 5. The zero-order valence-electron chi connectivity index (χ0n) is 12.9. The van der Waals surface area contributed by atoms with E-state index in [1.165, 1.54) is 6.92 Å². The molecule has 0 aliphatic carbocycles. The molecule has 0 aromatic heterocycles. The third kappa shape index (κ3) is 5.03. The molecule has 6 heteroatoms. The molecule has 0 unspecified atom stereocenters. The van der Waals surface area contributed by atoms with E-state index in [9.17, 15) is 18.0 Å². The Bertz CT molecular complexity index is 839. The van der Waals surface area contributed by atoms with Crippen molar-refractivity contribution in [2.75, 3.05) is 11.6 Å². The number of benzene rings is 2. The second-order valence-corrected chi connectivity index (χ2v) is 7.50. The molecule has 1 amide bonds. The van der Waals surface area contributed by atoms with Gasteiger partial charge in [0.1, 0.15) is 0 Å². The quantitative estimate of drug-likeness (QED) is 0.854. The Balaban J connectivity index is 2.12. The summed E-state index contributed by atoms with van der Waals surface area (Å²) < 4.78 is 22.5. The van der Waals surface area contributed by atoms with Crippen molar-refractivity contribution < 1.29 is 18.0 Å². The van der Waals surface area contributed by atoms with E-state index in [0.29, 0.717) is 22.4 Å². The summed E-state index contributed by atoms with van der Waals surface area (Å²) in [5.74, 6) is -0.460. The molecule has 0 radical (unpaired) electrons. The molecule has 0 saturated carbocycles. The molecule has 2 rings (SSSR count). The maximum atomic E-state index is 12.2. The van der Waals surface area contributed by atoms with Gasteiger partial charge in [-0.1, -0.05) is 24.3 Å². The fourth-order valence-corrected chi connectivity index (χ4v) is 2.87. The minimum atomic E-state index is -3.10. The molecule has 2 aromatic carbocycles. The molecule has 23 heavy (non-hydrogen) atoms. The van der Waals surface area contributed by atoms with Crippen molar-refractivity contribution in [3.8, 4) is 0 Å². The van der Waals surface area contributed by atoms with Crippen LogP contribution >= 0.6 is 0 Å². The van der Waals surface area contributed by atoms with Gasteiger partial charge in [-0.05, 0) is 36.8 Å². The standard InChI is InChI=1S/C17H17NO4S/c1-12(19)15-4-3-5-16(10-15)18-17(20)14-8-6-13(7-9-14)11-23(2,21)22/h3-10H,11H2,1-2H3,(H,18,20). The molecule has 0 spiro atoms. The van der Waals surface area contributed by atoms with E-state index in [1.54, 1.807) is 48.5 Å². The lowest BCUT2D eigenvalue weighted by atomic mass is 10.1. The molecule has 0 atom stereocenters. The number of anilines is 1. The fraction of sp³-hybridized carbons (Fsp3) is 0.176. The van der Waals surface area contributed by atoms with Gasteiger partial charge < -0.3 is 5.32 Å². The zero-order chi connectivity index (χ0) is 17.0. The second kappa shape index (κ2) is 6.75. The first-order chi connectivity index (χ1) is 10.7. The first-order valence-corrected chi connectivity index (χ1v) is 9.00. The van der Waals surface area contributed by atoms with E-state index in [0.717, 1.165) is 6.26 Å². The molecule has 0 bridgehead atoms. The van der Waals surface area contributed by atoms with E-state index in [4.69, 9.17) is 0 Å². The zero-order valence-corrected chi connectivity index (χ0v) is 13.7. The number of hydrogen-bond acceptors (Lipinski definition) is 4. The first-order valence-electron chi connectivity index (χ1n) is 6.93. The van der Waals surface area contributed by atoms with Crippen LogP contribution in [0.15, 0.2) is 48.5 Å². The average molecular weight is 331 g/mol. The van der Waals surface area contributed by atoms with Crippen molar-refractivity contribution in [1.82, 2.24) is 0 Å². The summed E-state index contributed by atoms with van der Waals surface area (Å²) in [5, 5.41) is 2.71. The van der Waals surface area contributed by atoms with Crippen LogP contribution in [-0.2, 0) is 15.6 Å². The molecule has 120 valence electrons. The van der Waals surface area contributed by atoms with Gasteiger partial charge in [0.2, 0.25) is 0 Å². The molecular formula is C17H17NO4S. The summed E-state index contributed by atoms with van der Waals surface area (Å²) in [6.07, 6.45) is 1.16. The number of carbonyl (C=O) groups excluding carboxylic acids is 2. The smallest absolute Gasteiger partial charge is 0.255 e. The normalized spacial score (nSPS) is 11.0. The van der Waals surface area contributed by atoms with Crippen molar-refractivity contribution >= 4 is 27.2 Å². The monoisotopic (exact) mass is 331 g/mol. The highest BCUT2D eigenvalue weighted by Gasteiger charge is 2.09. The number of sulfone groups is 1. The SMILES string of the molecule is CC(=O)c1cccc(NC(=O)c2ccc(CS(C)(=O)=O)cc2)c1. The lowest BCUT2D eigenvalue weighted by Crippen LogP contribution is -2.12. The third-order valence-electron chi connectivity index (χ3n) is 3.17. The summed E-state index contributed by atoms with van der Waals surface area (Å²) >= 11 is 0. The van der Waals surface area contributed by atoms with Gasteiger partial charge in [-0.3, -0.25) is 9.59 Å². The van der Waals surface area contributed by atoms with Gasteiger partial charge in [0.05, 0.1) is 5.75 Å². The van der Waals surface area contributed by atoms with Crippen molar-refractivity contribution in [3.05, 3.63) is 65.2 Å². The Hall–Kier alpha value is -2.47. The van der Waals surface area contributed by atoms with Crippen LogP contribution in [-0.4, -0.2) is 26.4 Å². The number of hydrogen-bond donors (Lipinski definition) is 1. The Morgan fingerprint density at radius 3 is 2.22 bits per heavy atom. The predicted octanol–water partition coefficient (Wildman–Crippen LogP) is 2.69. The summed E-state index contributed by atoms with van der Waals surface area (Å²) in [7, 11) is -3.10. The summed E-state index contributed by atoms with van der Waals surface area (Å²) in [6.45, 7) is 1.46. The number of carbonyl (C=O) groups is 2. The minimum Gasteiger partial charge on any atom is -0.322 e. The van der Waals surface area contributed by atoms with E-state index in [1.807, 2.05) is 0 Å². The lowest BCUT2D eigenvalue weighted by Gasteiger charge is -2.07. The van der Waals surface area contributed by atoms with Gasteiger partial charge in [0, 0.05) is 23.1 Å². The molecule has 0 aliphatic rings. The molecular weight excluding hydrogens is 314 g/mol. The van der Waals surface area contributed by atoms with Gasteiger partial charge in [-0.2, -0.15) is 0 Å². The highest BCUT2D eigenvalue weighted by molar-refractivity contribution is 7.89. The number of amides is 1. The molecule has 5 nitrogen and oxygen atoms in total. The maximum absolute atomic E-state index is 12.2. The van der Waals surface area contributed by atoms with Crippen LogP contribution < -0.4 is 5.32 Å². The summed E-state index contributed by atoms with van der Waals surface area (Å²) in [5.41, 5.74) is 2.09. The van der Waals surface area contributed by atoms with Crippen LogP contribution in [0.1, 0.15) is 33.2 Å². The van der Waals surface area contributed by atoms with E-state index >= 15 is 0 Å². The Kier molecular flexibility index (Phi) is 4.95. The van der Waals surface area contributed by atoms with Gasteiger partial charge in [-0.25, -0.2) is 8.42 Å². The Morgan fingerprint density at radius 1 is 1.00 bits per heavy atom. The number of ketones is 1. The highest BCUT2D eigenvalue weighted by Crippen LogP contribution is 2.14. The van der Waals surface area contributed by atoms with Gasteiger partial charge in [0.25, 0.3) is 5.91 Å². The lowest BCUT2D eigenvalue weighted by molar-refractivity contribution is 0.101. The topological polar surface area (TPSA) is 80.3 Å². The van der Waals surface area contributed by atoms with Gasteiger partial charge >= 0.3 is 0 Å². The largest absolute Gasteiger partial charge is 0.322 e. The Labute approximate surface area is 135 Å². The fourth-order valence-electron chi connectivity index (χ4n) is 2.07. The predicted molar refractivity (Wildman–Crippen MR) is 89.4 cm³/mol. The molecule has 2 aromatic rings. The van der Waals surface area contributed by atoms with Crippen LogP contribution in [0, 0.1) is 0 Å². The molecule has 0 heterocycles. The van der Waals surface area contributed by atoms with Crippen LogP contribution in [0.25, 0.3) is 0 Å². The Morgan fingerprint density at radius 2 is 1.65 bits per heavy atom. The number of nitrogens with one attached hydrogen (secondary N) is 1. The van der Waals surface area contributed by atoms with Gasteiger partial charge in [-0.15, -0.1) is 0 Å². The van der Waals surface area contributed by atoms with Crippen molar-refractivity contribution in [2.45, 2.75) is 12.7 Å². The van der Waals surface area contributed by atoms with Crippen LogP contribution in [0.2, 0.25) is 0 Å². The van der Waals surface area contributed by atoms with Crippen molar-refractivity contribution in [2.24, 2.45) is 0 Å². The van der Waals surface area contributed by atoms with Crippen LogP contribution in [0.4, 0.5) is 5.69 Å². The van der Waals surface area contributed by atoms with E-state index < -0.39 is 9.84 Å². The first kappa shape index (κ1) is 16.9. The average Bonchev–Trinajstić information content (AvgIpc) is 2.46. The van der Waals surface area contributed by atoms with E-state index in [-0.39, 0.29) is 17.4 Å². The maximum Gasteiger partial charge on any atom is 0.255 e. The molecule has 0 saturated heterocycles.